The molecular weight excluding hydrogens is 164 g/mol. The van der Waals surface area contributed by atoms with Crippen molar-refractivity contribution in [3.05, 3.63) is 30.2 Å². The highest BCUT2D eigenvalue weighted by Gasteiger charge is 2.03. The monoisotopic (exact) mass is 179 g/mol. The van der Waals surface area contributed by atoms with Gasteiger partial charge in [0.15, 0.2) is 11.5 Å². The summed E-state index contributed by atoms with van der Waals surface area (Å²) in [6.45, 7) is 4.61. The lowest BCUT2D eigenvalue weighted by Crippen LogP contribution is -1.95. The molecule has 0 amide bonds. The fraction of sp³-hybridized carbons (Fsp3) is 0.364. The van der Waals surface area contributed by atoms with Crippen molar-refractivity contribution in [2.24, 2.45) is 0 Å². The molecule has 0 saturated carbocycles. The zero-order chi connectivity index (χ0) is 9.68. The fourth-order valence-corrected chi connectivity index (χ4v) is 1.14. The van der Waals surface area contributed by atoms with Crippen LogP contribution in [0.5, 0.6) is 11.5 Å². The molecule has 71 valence electrons. The SMILES string of the molecule is C[CH]c1ccc(OCC)c(OC)c1. The number of hydrogen-bond donors (Lipinski definition) is 0. The molecule has 0 spiro atoms. The maximum absolute atomic E-state index is 5.39. The summed E-state index contributed by atoms with van der Waals surface area (Å²) in [4.78, 5) is 0. The summed E-state index contributed by atoms with van der Waals surface area (Å²) in [5.41, 5.74) is 1.14. The van der Waals surface area contributed by atoms with E-state index in [2.05, 4.69) is 0 Å². The number of ether oxygens (including phenoxy) is 2. The van der Waals surface area contributed by atoms with Crippen molar-refractivity contribution in [3.63, 3.8) is 0 Å². The van der Waals surface area contributed by atoms with E-state index in [9.17, 15) is 0 Å². The van der Waals surface area contributed by atoms with E-state index < -0.39 is 0 Å². The lowest BCUT2D eigenvalue weighted by atomic mass is 10.1. The van der Waals surface area contributed by atoms with Gasteiger partial charge >= 0.3 is 0 Å². The number of methoxy groups -OCH3 is 1. The number of benzene rings is 1. The Morgan fingerprint density at radius 1 is 1.31 bits per heavy atom. The van der Waals surface area contributed by atoms with Crippen LogP contribution in [0.4, 0.5) is 0 Å². The Labute approximate surface area is 79.5 Å². The molecule has 0 N–H and O–H groups in total. The molecule has 0 aliphatic rings. The summed E-state index contributed by atoms with van der Waals surface area (Å²) in [6, 6.07) is 5.90. The molecule has 1 aromatic carbocycles. The molecule has 0 saturated heterocycles. The fourth-order valence-electron chi connectivity index (χ4n) is 1.14. The largest absolute Gasteiger partial charge is 0.493 e. The van der Waals surface area contributed by atoms with Gasteiger partial charge in [-0.15, -0.1) is 0 Å². The Morgan fingerprint density at radius 2 is 2.08 bits per heavy atom. The minimum atomic E-state index is 0.658. The highest BCUT2D eigenvalue weighted by molar-refractivity contribution is 5.44. The molecule has 2 heteroatoms. The van der Waals surface area contributed by atoms with Crippen LogP contribution < -0.4 is 9.47 Å². The normalized spacial score (nSPS) is 9.77. The molecule has 0 heterocycles. The van der Waals surface area contributed by atoms with Crippen LogP contribution in [0.1, 0.15) is 19.4 Å². The van der Waals surface area contributed by atoms with E-state index in [1.807, 2.05) is 38.5 Å². The third-order valence-electron chi connectivity index (χ3n) is 1.82. The summed E-state index contributed by atoms with van der Waals surface area (Å²) in [5, 5.41) is 0. The Bertz CT molecular complexity index is 269. The zero-order valence-electron chi connectivity index (χ0n) is 8.33. The Kier molecular flexibility index (Phi) is 3.62. The standard InChI is InChI=1S/C11H15O2/c1-4-9-6-7-10(13-5-2)11(8-9)12-3/h4,6-8H,5H2,1-3H3. The first kappa shape index (κ1) is 9.90. The molecule has 0 bridgehead atoms. The third-order valence-corrected chi connectivity index (χ3v) is 1.82. The topological polar surface area (TPSA) is 18.5 Å². The Balaban J connectivity index is 2.93. The molecule has 13 heavy (non-hydrogen) atoms. The average molecular weight is 179 g/mol. The molecule has 0 aliphatic heterocycles. The smallest absolute Gasteiger partial charge is 0.161 e. The summed E-state index contributed by atoms with van der Waals surface area (Å²) in [7, 11) is 1.65. The van der Waals surface area contributed by atoms with E-state index in [1.54, 1.807) is 7.11 Å². The van der Waals surface area contributed by atoms with Crippen LogP contribution in [-0.4, -0.2) is 13.7 Å². The van der Waals surface area contributed by atoms with Gasteiger partial charge in [-0.1, -0.05) is 13.0 Å². The summed E-state index contributed by atoms with van der Waals surface area (Å²) in [6.07, 6.45) is 2.03. The molecule has 1 rings (SSSR count). The second-order valence-electron chi connectivity index (χ2n) is 2.63. The lowest BCUT2D eigenvalue weighted by molar-refractivity contribution is 0.311. The van der Waals surface area contributed by atoms with E-state index in [-0.39, 0.29) is 0 Å². The van der Waals surface area contributed by atoms with E-state index in [1.165, 1.54) is 0 Å². The summed E-state index contributed by atoms with van der Waals surface area (Å²) >= 11 is 0. The van der Waals surface area contributed by atoms with Gasteiger partial charge in [0.1, 0.15) is 0 Å². The molecule has 0 atom stereocenters. The molecule has 0 aromatic heterocycles. The van der Waals surface area contributed by atoms with Gasteiger partial charge in [0.25, 0.3) is 0 Å². The molecule has 0 fully saturated rings. The first-order chi connectivity index (χ1) is 6.31. The lowest BCUT2D eigenvalue weighted by Gasteiger charge is -2.09. The highest BCUT2D eigenvalue weighted by atomic mass is 16.5. The molecule has 2 nitrogen and oxygen atoms in total. The molecule has 1 radical (unpaired) electrons. The summed E-state index contributed by atoms with van der Waals surface area (Å²) in [5.74, 6) is 1.59. The van der Waals surface area contributed by atoms with Crippen molar-refractivity contribution in [2.75, 3.05) is 13.7 Å². The highest BCUT2D eigenvalue weighted by Crippen LogP contribution is 2.28. The van der Waals surface area contributed by atoms with Gasteiger partial charge in [0, 0.05) is 0 Å². The van der Waals surface area contributed by atoms with Crippen LogP contribution >= 0.6 is 0 Å². The van der Waals surface area contributed by atoms with Crippen LogP contribution in [0.15, 0.2) is 18.2 Å². The minimum absolute atomic E-state index is 0.658. The average Bonchev–Trinajstić information content (AvgIpc) is 2.19. The first-order valence-corrected chi connectivity index (χ1v) is 4.42. The van der Waals surface area contributed by atoms with E-state index in [0.717, 1.165) is 17.1 Å². The Hall–Kier alpha value is -1.18. The van der Waals surface area contributed by atoms with E-state index >= 15 is 0 Å². The first-order valence-electron chi connectivity index (χ1n) is 4.42. The minimum Gasteiger partial charge on any atom is -0.493 e. The molecule has 0 aliphatic carbocycles. The molecule has 0 unspecified atom stereocenters. The second kappa shape index (κ2) is 4.75. The van der Waals surface area contributed by atoms with Gasteiger partial charge in [-0.2, -0.15) is 0 Å². The maximum Gasteiger partial charge on any atom is 0.161 e. The van der Waals surface area contributed by atoms with Crippen molar-refractivity contribution in [1.29, 1.82) is 0 Å². The quantitative estimate of drug-likeness (QED) is 0.707. The van der Waals surface area contributed by atoms with E-state index in [4.69, 9.17) is 9.47 Å². The zero-order valence-corrected chi connectivity index (χ0v) is 8.33. The van der Waals surface area contributed by atoms with Gasteiger partial charge in [-0.25, -0.2) is 0 Å². The molecular formula is C11H15O2. The Morgan fingerprint density at radius 3 is 2.62 bits per heavy atom. The van der Waals surface area contributed by atoms with Crippen molar-refractivity contribution >= 4 is 0 Å². The van der Waals surface area contributed by atoms with Gasteiger partial charge in [-0.05, 0) is 31.0 Å². The van der Waals surface area contributed by atoms with Crippen molar-refractivity contribution < 1.29 is 9.47 Å². The summed E-state index contributed by atoms with van der Waals surface area (Å²) < 4.78 is 10.6. The maximum atomic E-state index is 5.39. The predicted molar refractivity (Wildman–Crippen MR) is 53.2 cm³/mol. The van der Waals surface area contributed by atoms with Crippen LogP contribution in [0.2, 0.25) is 0 Å². The number of hydrogen-bond acceptors (Lipinski definition) is 2. The van der Waals surface area contributed by atoms with Gasteiger partial charge in [0.2, 0.25) is 0 Å². The van der Waals surface area contributed by atoms with Crippen LogP contribution in [-0.2, 0) is 0 Å². The predicted octanol–water partition coefficient (Wildman–Crippen LogP) is 2.67. The number of rotatable bonds is 4. The van der Waals surface area contributed by atoms with Gasteiger partial charge in [-0.3, -0.25) is 0 Å². The van der Waals surface area contributed by atoms with Gasteiger partial charge in [0.05, 0.1) is 13.7 Å². The second-order valence-corrected chi connectivity index (χ2v) is 2.63. The van der Waals surface area contributed by atoms with E-state index in [0.29, 0.717) is 6.61 Å². The molecule has 1 aromatic rings. The van der Waals surface area contributed by atoms with Crippen LogP contribution in [0, 0.1) is 6.42 Å². The van der Waals surface area contributed by atoms with Crippen molar-refractivity contribution in [2.45, 2.75) is 13.8 Å². The van der Waals surface area contributed by atoms with Crippen molar-refractivity contribution in [3.8, 4) is 11.5 Å². The van der Waals surface area contributed by atoms with Gasteiger partial charge < -0.3 is 9.47 Å². The van der Waals surface area contributed by atoms with Crippen LogP contribution in [0.25, 0.3) is 0 Å². The third kappa shape index (κ3) is 2.38. The van der Waals surface area contributed by atoms with Crippen LogP contribution in [0.3, 0.4) is 0 Å². The van der Waals surface area contributed by atoms with Crippen molar-refractivity contribution in [1.82, 2.24) is 0 Å².